The minimum Gasteiger partial charge on any atom is -0.357 e. The molecule has 0 spiro atoms. The molecule has 1 fully saturated rings. The van der Waals surface area contributed by atoms with Crippen LogP contribution in [0.3, 0.4) is 0 Å². The number of piperidine rings is 1. The summed E-state index contributed by atoms with van der Waals surface area (Å²) < 4.78 is 5.41. The van der Waals surface area contributed by atoms with E-state index in [9.17, 15) is 14.9 Å². The summed E-state index contributed by atoms with van der Waals surface area (Å²) in [6.45, 7) is 7.77. The standard InChI is InChI=1S/C19H24N6O4S/c1-3-9-29-12-24-21-18(20-22-24)15-5-4-8-23(11-15)19(26)13(2)14-6-7-17(30)16(10-14)25(27)28/h6-7,10,15,30H,2-5,8-9,11-12H2,1H3. The molecule has 2 heterocycles. The molecule has 160 valence electrons. The molecule has 11 heteroatoms. The molecule has 0 bridgehead atoms. The number of nitrogens with zero attached hydrogens (tertiary/aromatic N) is 6. The van der Waals surface area contributed by atoms with Gasteiger partial charge in [0.2, 0.25) is 0 Å². The fraction of sp³-hybridized carbons (Fsp3) is 0.474. The van der Waals surface area contributed by atoms with E-state index in [4.69, 9.17) is 4.74 Å². The highest BCUT2D eigenvalue weighted by Gasteiger charge is 2.29. The van der Waals surface area contributed by atoms with Gasteiger partial charge in [0, 0.05) is 37.3 Å². The van der Waals surface area contributed by atoms with E-state index in [2.05, 4.69) is 34.6 Å². The lowest BCUT2D eigenvalue weighted by atomic mass is 9.96. The first-order valence-corrected chi connectivity index (χ1v) is 10.2. The van der Waals surface area contributed by atoms with Crippen molar-refractivity contribution >= 4 is 29.8 Å². The Morgan fingerprint density at radius 2 is 2.27 bits per heavy atom. The maximum absolute atomic E-state index is 13.0. The summed E-state index contributed by atoms with van der Waals surface area (Å²) in [5.41, 5.74) is 0.452. The first-order valence-electron chi connectivity index (χ1n) is 9.72. The molecule has 0 aliphatic carbocycles. The minimum absolute atomic E-state index is 0.0374. The molecule has 1 aliphatic heterocycles. The van der Waals surface area contributed by atoms with Crippen molar-refractivity contribution in [2.45, 2.75) is 43.7 Å². The van der Waals surface area contributed by atoms with E-state index in [0.717, 1.165) is 19.3 Å². The first kappa shape index (κ1) is 21.9. The predicted molar refractivity (Wildman–Crippen MR) is 112 cm³/mol. The van der Waals surface area contributed by atoms with E-state index >= 15 is 0 Å². The van der Waals surface area contributed by atoms with Gasteiger partial charge in [-0.2, -0.15) is 0 Å². The average Bonchev–Trinajstić information content (AvgIpc) is 3.22. The number of rotatable bonds is 8. The molecule has 1 atom stereocenters. The van der Waals surface area contributed by atoms with Crippen LogP contribution in [0.25, 0.3) is 5.57 Å². The second-order valence-electron chi connectivity index (χ2n) is 7.09. The third-order valence-corrected chi connectivity index (χ3v) is 5.25. The van der Waals surface area contributed by atoms with Crippen molar-refractivity contribution < 1.29 is 14.5 Å². The lowest BCUT2D eigenvalue weighted by molar-refractivity contribution is -0.387. The number of thiol groups is 1. The number of aromatic nitrogens is 4. The van der Waals surface area contributed by atoms with Gasteiger partial charge in [0.25, 0.3) is 11.6 Å². The highest BCUT2D eigenvalue weighted by Crippen LogP contribution is 2.29. The number of likely N-dealkylation sites (tertiary alicyclic amines) is 1. The van der Waals surface area contributed by atoms with Crippen molar-refractivity contribution in [3.63, 3.8) is 0 Å². The van der Waals surface area contributed by atoms with Gasteiger partial charge in [0.1, 0.15) is 0 Å². The van der Waals surface area contributed by atoms with Crippen LogP contribution in [0, 0.1) is 10.1 Å². The molecular weight excluding hydrogens is 408 g/mol. The second-order valence-corrected chi connectivity index (χ2v) is 7.57. The highest BCUT2D eigenvalue weighted by atomic mass is 32.1. The Morgan fingerprint density at radius 1 is 1.47 bits per heavy atom. The lowest BCUT2D eigenvalue weighted by Crippen LogP contribution is -2.39. The second kappa shape index (κ2) is 9.81. The average molecular weight is 433 g/mol. The van der Waals surface area contributed by atoms with Gasteiger partial charge in [-0.15, -0.1) is 27.6 Å². The molecule has 30 heavy (non-hydrogen) atoms. The molecule has 0 saturated carbocycles. The molecule has 1 saturated heterocycles. The molecule has 1 aromatic carbocycles. The van der Waals surface area contributed by atoms with Gasteiger partial charge in [0.15, 0.2) is 12.6 Å². The zero-order valence-electron chi connectivity index (χ0n) is 16.7. The van der Waals surface area contributed by atoms with Crippen molar-refractivity contribution in [1.82, 2.24) is 25.1 Å². The Morgan fingerprint density at radius 3 is 3.00 bits per heavy atom. The van der Waals surface area contributed by atoms with Crippen LogP contribution in [0.1, 0.15) is 43.5 Å². The van der Waals surface area contributed by atoms with Gasteiger partial charge in [-0.25, -0.2) is 0 Å². The Hall–Kier alpha value is -2.79. The summed E-state index contributed by atoms with van der Waals surface area (Å²) in [6.07, 6.45) is 2.54. The molecule has 1 unspecified atom stereocenters. The lowest BCUT2D eigenvalue weighted by Gasteiger charge is -2.31. The van der Waals surface area contributed by atoms with Crippen molar-refractivity contribution in [2.75, 3.05) is 19.7 Å². The van der Waals surface area contributed by atoms with Gasteiger partial charge in [0.05, 0.1) is 9.82 Å². The third kappa shape index (κ3) is 5.03. The number of nitro benzene ring substituents is 1. The maximum Gasteiger partial charge on any atom is 0.283 e. The molecule has 2 aromatic rings. The topological polar surface area (TPSA) is 116 Å². The quantitative estimate of drug-likeness (QED) is 0.224. The maximum atomic E-state index is 13.0. The van der Waals surface area contributed by atoms with Gasteiger partial charge in [-0.05, 0) is 36.1 Å². The van der Waals surface area contributed by atoms with Crippen LogP contribution in [0.2, 0.25) is 0 Å². The molecule has 3 rings (SSSR count). The Labute approximate surface area is 179 Å². The van der Waals surface area contributed by atoms with E-state index in [1.807, 2.05) is 6.92 Å². The minimum atomic E-state index is -0.528. The smallest absolute Gasteiger partial charge is 0.283 e. The number of benzene rings is 1. The number of ether oxygens (including phenoxy) is 1. The molecule has 0 N–H and O–H groups in total. The van der Waals surface area contributed by atoms with Crippen molar-refractivity contribution in [2.24, 2.45) is 0 Å². The summed E-state index contributed by atoms with van der Waals surface area (Å²) in [7, 11) is 0. The third-order valence-electron chi connectivity index (χ3n) is 4.88. The van der Waals surface area contributed by atoms with E-state index in [0.29, 0.717) is 31.1 Å². The van der Waals surface area contributed by atoms with Crippen LogP contribution >= 0.6 is 12.6 Å². The van der Waals surface area contributed by atoms with Crippen LogP contribution in [0.5, 0.6) is 0 Å². The largest absolute Gasteiger partial charge is 0.357 e. The van der Waals surface area contributed by atoms with E-state index in [1.54, 1.807) is 11.0 Å². The van der Waals surface area contributed by atoms with Gasteiger partial charge >= 0.3 is 0 Å². The van der Waals surface area contributed by atoms with E-state index in [1.165, 1.54) is 16.9 Å². The highest BCUT2D eigenvalue weighted by molar-refractivity contribution is 7.80. The Balaban J connectivity index is 1.68. The first-order chi connectivity index (χ1) is 14.4. The number of carbonyl (C=O) groups is 1. The summed E-state index contributed by atoms with van der Waals surface area (Å²) in [4.78, 5) is 26.9. The van der Waals surface area contributed by atoms with Gasteiger partial charge in [-0.1, -0.05) is 19.6 Å². The molecule has 1 aromatic heterocycles. The number of carbonyl (C=O) groups excluding carboxylic acids is 1. The van der Waals surface area contributed by atoms with E-state index < -0.39 is 4.92 Å². The van der Waals surface area contributed by atoms with Crippen LogP contribution < -0.4 is 0 Å². The van der Waals surface area contributed by atoms with Crippen molar-refractivity contribution in [3.05, 3.63) is 46.3 Å². The van der Waals surface area contributed by atoms with Crippen LogP contribution in [0.15, 0.2) is 29.7 Å². The molecular formula is C19H24N6O4S. The number of hydrogen-bond donors (Lipinski definition) is 1. The van der Waals surface area contributed by atoms with Crippen molar-refractivity contribution in [1.29, 1.82) is 0 Å². The summed E-state index contributed by atoms with van der Waals surface area (Å²) >= 11 is 4.09. The van der Waals surface area contributed by atoms with Crippen molar-refractivity contribution in [3.8, 4) is 0 Å². The zero-order chi connectivity index (χ0) is 21.7. The molecule has 1 amide bonds. The fourth-order valence-electron chi connectivity index (χ4n) is 3.31. The summed E-state index contributed by atoms with van der Waals surface area (Å²) in [6, 6.07) is 4.44. The fourth-order valence-corrected chi connectivity index (χ4v) is 3.53. The van der Waals surface area contributed by atoms with Crippen LogP contribution in [-0.2, 0) is 16.3 Å². The Bertz CT molecular complexity index is 947. The number of tetrazole rings is 1. The number of nitro groups is 1. The van der Waals surface area contributed by atoms with E-state index in [-0.39, 0.29) is 34.7 Å². The predicted octanol–water partition coefficient (Wildman–Crippen LogP) is 2.67. The molecule has 0 radical (unpaired) electrons. The summed E-state index contributed by atoms with van der Waals surface area (Å²) in [5.74, 6) is 0.275. The monoisotopic (exact) mass is 432 g/mol. The molecule has 1 aliphatic rings. The SMILES string of the molecule is C=C(C(=O)N1CCCC(c2nnn(COCCC)n2)C1)c1ccc(S)c([N+](=O)[O-])c1. The van der Waals surface area contributed by atoms with Crippen LogP contribution in [-0.4, -0.2) is 55.6 Å². The summed E-state index contributed by atoms with van der Waals surface area (Å²) in [5, 5.41) is 23.6. The normalized spacial score (nSPS) is 16.5. The molecule has 10 nitrogen and oxygen atoms in total. The van der Waals surface area contributed by atoms with Gasteiger partial charge < -0.3 is 9.64 Å². The van der Waals surface area contributed by atoms with Gasteiger partial charge in [-0.3, -0.25) is 14.9 Å². The Kier molecular flexibility index (Phi) is 7.16. The number of amides is 1. The zero-order valence-corrected chi connectivity index (χ0v) is 17.6. The van der Waals surface area contributed by atoms with Crippen LogP contribution in [0.4, 0.5) is 5.69 Å². The number of hydrogen-bond acceptors (Lipinski definition) is 8.